The van der Waals surface area contributed by atoms with E-state index in [0.29, 0.717) is 12.2 Å². The van der Waals surface area contributed by atoms with Crippen molar-refractivity contribution in [2.24, 2.45) is 5.92 Å². The minimum atomic E-state index is -0.195. The topological polar surface area (TPSA) is 40.6 Å². The van der Waals surface area contributed by atoms with Crippen LogP contribution in [0.3, 0.4) is 0 Å². The minimum absolute atomic E-state index is 0.0501. The molecule has 0 radical (unpaired) electrons. The maximum atomic E-state index is 12.8. The van der Waals surface area contributed by atoms with Crippen LogP contribution in [-0.4, -0.2) is 35.6 Å². The second-order valence-electron chi connectivity index (χ2n) is 6.37. The van der Waals surface area contributed by atoms with Crippen molar-refractivity contribution < 1.29 is 9.59 Å². The van der Waals surface area contributed by atoms with Crippen LogP contribution >= 0.6 is 0 Å². The van der Waals surface area contributed by atoms with Gasteiger partial charge in [0.2, 0.25) is 0 Å². The molecule has 1 unspecified atom stereocenters. The van der Waals surface area contributed by atoms with Crippen molar-refractivity contribution in [2.75, 3.05) is 14.1 Å². The van der Waals surface area contributed by atoms with Gasteiger partial charge in [0, 0.05) is 48.8 Å². The maximum absolute atomic E-state index is 12.8. The molecule has 0 saturated carbocycles. The Morgan fingerprint density at radius 1 is 1.04 bits per heavy atom. The molecule has 0 N–H and O–H groups in total. The lowest BCUT2D eigenvalue weighted by Crippen LogP contribution is -2.44. The van der Waals surface area contributed by atoms with E-state index in [4.69, 9.17) is 0 Å². The molecule has 1 aliphatic heterocycles. The highest BCUT2D eigenvalue weighted by Crippen LogP contribution is 2.48. The van der Waals surface area contributed by atoms with E-state index in [0.717, 1.165) is 33.5 Å². The highest BCUT2D eigenvalue weighted by Gasteiger charge is 2.44. The van der Waals surface area contributed by atoms with Crippen molar-refractivity contribution in [3.8, 4) is 0 Å². The third-order valence-electron chi connectivity index (χ3n) is 5.30. The molecule has 4 rings (SSSR count). The Morgan fingerprint density at radius 2 is 1.70 bits per heavy atom. The summed E-state index contributed by atoms with van der Waals surface area (Å²) in [6.07, 6.45) is 0.604. The monoisotopic (exact) mass is 306 g/mol. The van der Waals surface area contributed by atoms with Crippen LogP contribution in [0.25, 0.3) is 5.57 Å². The van der Waals surface area contributed by atoms with E-state index < -0.39 is 0 Å². The van der Waals surface area contributed by atoms with Crippen molar-refractivity contribution in [1.82, 2.24) is 9.80 Å². The van der Waals surface area contributed by atoms with E-state index in [1.54, 1.807) is 11.9 Å². The predicted octanol–water partition coefficient (Wildman–Crippen LogP) is 2.81. The van der Waals surface area contributed by atoms with E-state index in [2.05, 4.69) is 6.58 Å². The molecule has 4 nitrogen and oxygen atoms in total. The fraction of sp³-hybridized carbons (Fsp3) is 0.263. The zero-order chi connectivity index (χ0) is 16.5. The summed E-state index contributed by atoms with van der Waals surface area (Å²) in [7, 11) is 3.66. The van der Waals surface area contributed by atoms with Crippen molar-refractivity contribution in [1.29, 1.82) is 0 Å². The number of fused-ring (bicyclic) bond motifs is 2. The number of rotatable bonds is 0. The third-order valence-corrected chi connectivity index (χ3v) is 5.30. The summed E-state index contributed by atoms with van der Waals surface area (Å²) < 4.78 is 0. The molecule has 0 bridgehead atoms. The number of allylic oxidation sites excluding steroid dienone is 2. The molecule has 23 heavy (non-hydrogen) atoms. The molecule has 1 aromatic rings. The molecule has 0 fully saturated rings. The number of nitrogens with zero attached hydrogens (tertiary/aromatic N) is 2. The number of benzene rings is 1. The number of likely N-dealkylation sites (N-methyl/N-ethyl adjacent to an activating group) is 1. The van der Waals surface area contributed by atoms with Gasteiger partial charge in [0.1, 0.15) is 5.82 Å². The van der Waals surface area contributed by atoms with E-state index in [1.165, 1.54) is 0 Å². The van der Waals surface area contributed by atoms with Crippen LogP contribution in [0.2, 0.25) is 0 Å². The average Bonchev–Trinajstić information content (AvgIpc) is 2.84. The highest BCUT2D eigenvalue weighted by molar-refractivity contribution is 6.22. The smallest absolute Gasteiger partial charge is 0.257 e. The first kappa shape index (κ1) is 14.0. The third kappa shape index (κ3) is 1.61. The quantitative estimate of drug-likeness (QED) is 0.740. The molecule has 0 aromatic heterocycles. The lowest BCUT2D eigenvalue weighted by molar-refractivity contribution is -0.126. The molecule has 0 saturated heterocycles. The van der Waals surface area contributed by atoms with Gasteiger partial charge < -0.3 is 4.90 Å². The van der Waals surface area contributed by atoms with Crippen LogP contribution in [0.15, 0.2) is 53.5 Å². The molecule has 3 aliphatic rings. The summed E-state index contributed by atoms with van der Waals surface area (Å²) in [5, 5.41) is 0. The van der Waals surface area contributed by atoms with Gasteiger partial charge in [-0.1, -0.05) is 37.8 Å². The van der Waals surface area contributed by atoms with Crippen molar-refractivity contribution in [2.45, 2.75) is 13.3 Å². The minimum Gasteiger partial charge on any atom is -0.334 e. The lowest BCUT2D eigenvalue weighted by atomic mass is 9.79. The first-order valence-corrected chi connectivity index (χ1v) is 7.74. The molecule has 4 heteroatoms. The fourth-order valence-corrected chi connectivity index (χ4v) is 3.96. The van der Waals surface area contributed by atoms with Gasteiger partial charge in [0.25, 0.3) is 5.91 Å². The van der Waals surface area contributed by atoms with E-state index >= 15 is 0 Å². The number of amides is 1. The molecule has 1 amide bonds. The Hall–Kier alpha value is -2.62. The molecule has 1 atom stereocenters. The Labute approximate surface area is 135 Å². The summed E-state index contributed by atoms with van der Waals surface area (Å²) >= 11 is 0. The van der Waals surface area contributed by atoms with Gasteiger partial charge in [-0.15, -0.1) is 0 Å². The van der Waals surface area contributed by atoms with Gasteiger partial charge in [0.05, 0.1) is 0 Å². The molecule has 116 valence electrons. The number of hydrogen-bond donors (Lipinski definition) is 0. The van der Waals surface area contributed by atoms with Gasteiger partial charge in [-0.25, -0.2) is 0 Å². The number of Topliss-reactive ketones (excluding diaryl/α,β-unsaturated/α-hetero) is 1. The summed E-state index contributed by atoms with van der Waals surface area (Å²) in [6.45, 7) is 5.96. The first-order chi connectivity index (χ1) is 10.9. The summed E-state index contributed by atoms with van der Waals surface area (Å²) in [4.78, 5) is 29.1. The van der Waals surface area contributed by atoms with E-state index in [-0.39, 0.29) is 17.6 Å². The number of hydrogen-bond acceptors (Lipinski definition) is 3. The number of ketones is 1. The van der Waals surface area contributed by atoms with Gasteiger partial charge in [-0.2, -0.15) is 0 Å². The van der Waals surface area contributed by atoms with Gasteiger partial charge in [0.15, 0.2) is 5.78 Å². The molecule has 2 aliphatic carbocycles. The average molecular weight is 306 g/mol. The van der Waals surface area contributed by atoms with Crippen molar-refractivity contribution in [3.05, 3.63) is 64.6 Å². The summed E-state index contributed by atoms with van der Waals surface area (Å²) in [5.74, 6) is 0.491. The van der Waals surface area contributed by atoms with Crippen LogP contribution in [-0.2, 0) is 4.79 Å². The lowest BCUT2D eigenvalue weighted by Gasteiger charge is -2.41. The van der Waals surface area contributed by atoms with Crippen LogP contribution < -0.4 is 0 Å². The predicted molar refractivity (Wildman–Crippen MR) is 88.2 cm³/mol. The number of carbonyl (C=O) groups excluding carboxylic acids is 2. The Morgan fingerprint density at radius 3 is 2.39 bits per heavy atom. The molecular weight excluding hydrogens is 288 g/mol. The van der Waals surface area contributed by atoms with Crippen LogP contribution in [0.5, 0.6) is 0 Å². The Bertz CT molecular complexity index is 860. The van der Waals surface area contributed by atoms with E-state index in [1.807, 2.05) is 43.1 Å². The normalized spacial score (nSPS) is 23.4. The molecule has 0 spiro atoms. The zero-order valence-corrected chi connectivity index (χ0v) is 13.5. The Balaban J connectivity index is 1.90. The fourth-order valence-electron chi connectivity index (χ4n) is 3.96. The number of carbonyl (C=O) groups is 2. The van der Waals surface area contributed by atoms with Gasteiger partial charge in [-0.3, -0.25) is 14.5 Å². The van der Waals surface area contributed by atoms with Gasteiger partial charge >= 0.3 is 0 Å². The van der Waals surface area contributed by atoms with Crippen molar-refractivity contribution >= 4 is 17.3 Å². The Kier molecular flexibility index (Phi) is 2.71. The maximum Gasteiger partial charge on any atom is 0.257 e. The standard InChI is InChI=1S/C19H18N2O2/c1-10-16-14(12-7-5-6-8-13(12)18(16)22)9-15-17(10)19(23)21(4)11(2)20(15)3/h5-8,10H,2,9H2,1,3-4H3. The SMILES string of the molecule is C=C1N(C)C(=O)C2=C(CC3=C(C(=O)c4ccccc43)C2C)N1C. The first-order valence-electron chi connectivity index (χ1n) is 7.74. The van der Waals surface area contributed by atoms with Crippen LogP contribution in [0, 0.1) is 5.92 Å². The molecule has 1 aromatic carbocycles. The second-order valence-corrected chi connectivity index (χ2v) is 6.37. The largest absolute Gasteiger partial charge is 0.334 e. The van der Waals surface area contributed by atoms with Crippen molar-refractivity contribution in [3.63, 3.8) is 0 Å². The summed E-state index contributed by atoms with van der Waals surface area (Å²) in [6, 6.07) is 7.72. The zero-order valence-electron chi connectivity index (χ0n) is 13.5. The highest BCUT2D eigenvalue weighted by atomic mass is 16.2. The molecule has 1 heterocycles. The van der Waals surface area contributed by atoms with Crippen LogP contribution in [0.1, 0.15) is 29.3 Å². The van der Waals surface area contributed by atoms with E-state index in [9.17, 15) is 9.59 Å². The second kappa shape index (κ2) is 4.44. The van der Waals surface area contributed by atoms with Crippen LogP contribution in [0.4, 0.5) is 0 Å². The van der Waals surface area contributed by atoms with Gasteiger partial charge in [-0.05, 0) is 11.1 Å². The molecular formula is C19H18N2O2. The summed E-state index contributed by atoms with van der Waals surface area (Å²) in [5.41, 5.74) is 5.31.